The molecule has 0 saturated carbocycles. The van der Waals surface area contributed by atoms with Crippen LogP contribution in [0.5, 0.6) is 0 Å². The zero-order valence-corrected chi connectivity index (χ0v) is 21.3. The fraction of sp³-hybridized carbons (Fsp3) is 0.111. The van der Waals surface area contributed by atoms with Crippen LogP contribution in [0.3, 0.4) is 0 Å². The van der Waals surface area contributed by atoms with E-state index in [1.807, 2.05) is 6.92 Å². The van der Waals surface area contributed by atoms with Crippen molar-refractivity contribution in [3.05, 3.63) is 99.2 Å². The molecule has 0 bridgehead atoms. The quantitative estimate of drug-likeness (QED) is 0.304. The first-order valence-corrected chi connectivity index (χ1v) is 12.0. The van der Waals surface area contributed by atoms with Gasteiger partial charge < -0.3 is 15.4 Å². The van der Waals surface area contributed by atoms with Gasteiger partial charge in [-0.3, -0.25) is 14.4 Å². The molecule has 1 aliphatic rings. The van der Waals surface area contributed by atoms with Crippen LogP contribution in [0.25, 0.3) is 0 Å². The Morgan fingerprint density at radius 2 is 1.49 bits per heavy atom. The van der Waals surface area contributed by atoms with E-state index in [1.54, 1.807) is 67.6 Å². The minimum Gasteiger partial charge on any atom is -0.462 e. The lowest BCUT2D eigenvalue weighted by atomic mass is 10.1. The zero-order valence-electron chi connectivity index (χ0n) is 19.8. The van der Waals surface area contributed by atoms with E-state index in [-0.39, 0.29) is 23.2 Å². The lowest BCUT2D eigenvalue weighted by Crippen LogP contribution is -2.32. The molecular weight excluding hydrogens is 517 g/mol. The summed E-state index contributed by atoms with van der Waals surface area (Å²) in [5, 5.41) is 5.77. The maximum absolute atomic E-state index is 13.0. The van der Waals surface area contributed by atoms with Crippen LogP contribution in [0, 0.1) is 6.92 Å². The van der Waals surface area contributed by atoms with Gasteiger partial charge in [0.05, 0.1) is 17.9 Å². The summed E-state index contributed by atoms with van der Waals surface area (Å²) < 4.78 is 4.94. The zero-order chi connectivity index (χ0) is 26.7. The average Bonchev–Trinajstić information content (AvgIpc) is 3.09. The second-order valence-electron chi connectivity index (χ2n) is 8.02. The van der Waals surface area contributed by atoms with Gasteiger partial charge >= 0.3 is 5.97 Å². The largest absolute Gasteiger partial charge is 0.462 e. The van der Waals surface area contributed by atoms with Crippen molar-refractivity contribution >= 4 is 64.0 Å². The van der Waals surface area contributed by atoms with Crippen LogP contribution in [-0.2, 0) is 14.3 Å². The maximum Gasteiger partial charge on any atom is 0.338 e. The van der Waals surface area contributed by atoms with Gasteiger partial charge in [0.25, 0.3) is 17.7 Å². The number of rotatable bonds is 7. The number of halogens is 2. The highest BCUT2D eigenvalue weighted by Gasteiger charge is 2.39. The van der Waals surface area contributed by atoms with Crippen LogP contribution in [0.1, 0.15) is 33.2 Å². The van der Waals surface area contributed by atoms with Crippen LogP contribution in [0.15, 0.2) is 77.5 Å². The number of carbonyl (C=O) groups is 4. The second-order valence-corrected chi connectivity index (χ2v) is 8.81. The van der Waals surface area contributed by atoms with Crippen LogP contribution < -0.4 is 15.5 Å². The first-order valence-electron chi connectivity index (χ1n) is 11.2. The monoisotopic (exact) mass is 537 g/mol. The Hall–Kier alpha value is -4.14. The predicted octanol–water partition coefficient (Wildman–Crippen LogP) is 5.51. The van der Waals surface area contributed by atoms with E-state index in [4.69, 9.17) is 27.9 Å². The van der Waals surface area contributed by atoms with E-state index in [0.29, 0.717) is 33.2 Å². The lowest BCUT2D eigenvalue weighted by molar-refractivity contribution is -0.120. The van der Waals surface area contributed by atoms with Crippen molar-refractivity contribution in [3.8, 4) is 0 Å². The molecule has 0 fully saturated rings. The number of carbonyl (C=O) groups excluding carboxylic acids is 4. The first kappa shape index (κ1) is 25.9. The third-order valence-corrected chi connectivity index (χ3v) is 6.27. The summed E-state index contributed by atoms with van der Waals surface area (Å²) in [7, 11) is 0. The molecule has 3 aromatic rings. The van der Waals surface area contributed by atoms with E-state index >= 15 is 0 Å². The molecule has 2 N–H and O–H groups in total. The highest BCUT2D eigenvalue weighted by Crippen LogP contribution is 2.32. The van der Waals surface area contributed by atoms with Gasteiger partial charge in [-0.05, 0) is 80.1 Å². The number of nitrogens with one attached hydrogen (secondary N) is 2. The Labute approximate surface area is 222 Å². The van der Waals surface area contributed by atoms with Crippen molar-refractivity contribution in [2.24, 2.45) is 0 Å². The summed E-state index contributed by atoms with van der Waals surface area (Å²) >= 11 is 12.3. The summed E-state index contributed by atoms with van der Waals surface area (Å²) in [6.45, 7) is 3.81. The van der Waals surface area contributed by atoms with E-state index in [1.165, 1.54) is 6.07 Å². The summed E-state index contributed by atoms with van der Waals surface area (Å²) in [6.07, 6.45) is 0. The van der Waals surface area contributed by atoms with Gasteiger partial charge in [0.2, 0.25) is 0 Å². The highest BCUT2D eigenvalue weighted by atomic mass is 35.5. The van der Waals surface area contributed by atoms with Gasteiger partial charge in [0, 0.05) is 22.0 Å². The first-order chi connectivity index (χ1) is 17.7. The number of hydrogen-bond donors (Lipinski definition) is 2. The number of ether oxygens (including phenoxy) is 1. The molecule has 0 aliphatic carbocycles. The smallest absolute Gasteiger partial charge is 0.338 e. The highest BCUT2D eigenvalue weighted by molar-refractivity contribution is 6.53. The Kier molecular flexibility index (Phi) is 7.61. The fourth-order valence-corrected chi connectivity index (χ4v) is 3.91. The summed E-state index contributed by atoms with van der Waals surface area (Å²) in [4.78, 5) is 51.0. The van der Waals surface area contributed by atoms with Gasteiger partial charge in [0.15, 0.2) is 0 Å². The molecule has 37 heavy (non-hydrogen) atoms. The van der Waals surface area contributed by atoms with Gasteiger partial charge in [-0.1, -0.05) is 29.3 Å². The Morgan fingerprint density at radius 1 is 0.865 bits per heavy atom. The molecule has 1 aliphatic heterocycles. The Bertz CT molecular complexity index is 1430. The fourth-order valence-electron chi connectivity index (χ4n) is 3.52. The third-order valence-electron chi connectivity index (χ3n) is 5.51. The van der Waals surface area contributed by atoms with Crippen LogP contribution >= 0.6 is 23.2 Å². The SMILES string of the molecule is CCOC(=O)c1ccc(NC(=O)c2ccc(NC3=C(Cl)C(=O)N(c4ccc(C)c(Cl)c4)C3=O)cc2)cc1. The second kappa shape index (κ2) is 10.9. The number of imide groups is 1. The van der Waals surface area contributed by atoms with Gasteiger partial charge in [-0.2, -0.15) is 0 Å². The summed E-state index contributed by atoms with van der Waals surface area (Å²) in [6, 6.07) is 17.4. The molecule has 4 rings (SSSR count). The molecule has 0 atom stereocenters. The lowest BCUT2D eigenvalue weighted by Gasteiger charge is -2.16. The van der Waals surface area contributed by atoms with Crippen molar-refractivity contribution in [1.82, 2.24) is 0 Å². The standard InChI is InChI=1S/C27H21Cl2N3O5/c1-3-37-27(36)17-7-11-19(12-8-17)31-24(33)16-5-9-18(10-6-16)30-23-22(29)25(34)32(26(23)35)20-13-4-15(2)21(28)14-20/h4-14,30H,3H2,1-2H3,(H,31,33). The molecule has 0 aromatic heterocycles. The van der Waals surface area contributed by atoms with Crippen molar-refractivity contribution in [1.29, 1.82) is 0 Å². The molecule has 0 saturated heterocycles. The van der Waals surface area contributed by atoms with Gasteiger partial charge in [-0.15, -0.1) is 0 Å². The third kappa shape index (κ3) is 5.50. The molecule has 0 radical (unpaired) electrons. The molecule has 188 valence electrons. The number of benzene rings is 3. The average molecular weight is 538 g/mol. The molecule has 10 heteroatoms. The van der Waals surface area contributed by atoms with Crippen LogP contribution in [-0.4, -0.2) is 30.3 Å². The molecule has 3 amide bonds. The molecule has 8 nitrogen and oxygen atoms in total. The molecule has 0 unspecified atom stereocenters. The number of amides is 3. The summed E-state index contributed by atoms with van der Waals surface area (Å²) in [5.74, 6) is -2.10. The molecule has 3 aromatic carbocycles. The minimum atomic E-state index is -0.668. The number of nitrogens with zero attached hydrogens (tertiary/aromatic N) is 1. The minimum absolute atomic E-state index is 0.0812. The topological polar surface area (TPSA) is 105 Å². The van der Waals surface area contributed by atoms with Crippen molar-refractivity contribution < 1.29 is 23.9 Å². The number of hydrogen-bond acceptors (Lipinski definition) is 6. The van der Waals surface area contributed by atoms with E-state index in [2.05, 4.69) is 10.6 Å². The normalized spacial score (nSPS) is 13.1. The predicted molar refractivity (Wildman–Crippen MR) is 142 cm³/mol. The molecule has 1 heterocycles. The van der Waals surface area contributed by atoms with Crippen LogP contribution in [0.2, 0.25) is 5.02 Å². The van der Waals surface area contributed by atoms with E-state index in [9.17, 15) is 19.2 Å². The molecule has 0 spiro atoms. The number of anilines is 3. The number of aryl methyl sites for hydroxylation is 1. The maximum atomic E-state index is 13.0. The van der Waals surface area contributed by atoms with Crippen molar-refractivity contribution in [3.63, 3.8) is 0 Å². The van der Waals surface area contributed by atoms with E-state index in [0.717, 1.165) is 10.5 Å². The van der Waals surface area contributed by atoms with Gasteiger partial charge in [-0.25, -0.2) is 9.69 Å². The van der Waals surface area contributed by atoms with Crippen LogP contribution in [0.4, 0.5) is 17.1 Å². The van der Waals surface area contributed by atoms with E-state index < -0.39 is 17.8 Å². The molecular formula is C27H21Cl2N3O5. The Morgan fingerprint density at radius 3 is 2.11 bits per heavy atom. The Balaban J connectivity index is 1.43. The van der Waals surface area contributed by atoms with Crippen molar-refractivity contribution in [2.45, 2.75) is 13.8 Å². The van der Waals surface area contributed by atoms with Crippen molar-refractivity contribution in [2.75, 3.05) is 22.1 Å². The van der Waals surface area contributed by atoms with Gasteiger partial charge in [0.1, 0.15) is 10.7 Å². The number of esters is 1. The summed E-state index contributed by atoms with van der Waals surface area (Å²) in [5.41, 5.74) is 2.72.